The topological polar surface area (TPSA) is 63.6 Å². The maximum Gasteiger partial charge on any atom is 0.227 e. The second kappa shape index (κ2) is 4.82. The van der Waals surface area contributed by atoms with Gasteiger partial charge in [-0.15, -0.1) is 0 Å². The highest BCUT2D eigenvalue weighted by Crippen LogP contribution is 2.53. The summed E-state index contributed by atoms with van der Waals surface area (Å²) in [5.41, 5.74) is 0.112. The summed E-state index contributed by atoms with van der Waals surface area (Å²) in [6.45, 7) is 5.62. The fourth-order valence-corrected chi connectivity index (χ4v) is 3.81. The molecular weight excluding hydrogens is 292 g/mol. The molecule has 2 atom stereocenters. The minimum atomic E-state index is -0.885. The molecule has 0 saturated carbocycles. The van der Waals surface area contributed by atoms with Crippen molar-refractivity contribution in [2.75, 3.05) is 7.11 Å². The molecule has 0 amide bonds. The van der Waals surface area contributed by atoms with E-state index >= 15 is 0 Å². The van der Waals surface area contributed by atoms with Crippen LogP contribution in [0.3, 0.4) is 0 Å². The molecule has 0 heterocycles. The number of hydrogen-bond donors (Lipinski definition) is 1. The van der Waals surface area contributed by atoms with Crippen LogP contribution in [-0.4, -0.2) is 23.8 Å². The molecule has 1 aromatic carbocycles. The second-order valence-corrected chi connectivity index (χ2v) is 6.55. The highest BCUT2D eigenvalue weighted by Gasteiger charge is 2.52. The predicted molar refractivity (Wildman–Crippen MR) is 86.9 cm³/mol. The van der Waals surface area contributed by atoms with Gasteiger partial charge in [-0.05, 0) is 50.1 Å². The minimum Gasteiger partial charge on any atom is -0.504 e. The molecule has 0 aliphatic heterocycles. The Kier molecular flexibility index (Phi) is 3.25. The Balaban J connectivity index is 2.39. The van der Waals surface area contributed by atoms with Crippen LogP contribution in [0.15, 0.2) is 41.7 Å². The highest BCUT2D eigenvalue weighted by molar-refractivity contribution is 6.13. The maximum absolute atomic E-state index is 12.6. The first kappa shape index (κ1) is 15.5. The summed E-state index contributed by atoms with van der Waals surface area (Å²) in [6.07, 6.45) is 3.86. The minimum absolute atomic E-state index is 0.0850. The number of aliphatic hydroxyl groups is 1. The lowest BCUT2D eigenvalue weighted by atomic mass is 9.56. The van der Waals surface area contributed by atoms with Gasteiger partial charge in [-0.1, -0.05) is 13.0 Å². The summed E-state index contributed by atoms with van der Waals surface area (Å²) in [7, 11) is 1.57. The van der Waals surface area contributed by atoms with Gasteiger partial charge in [0.1, 0.15) is 5.75 Å². The van der Waals surface area contributed by atoms with Crippen LogP contribution in [0.1, 0.15) is 43.1 Å². The number of fused-ring (bicyclic) bond motifs is 3. The third-order valence-electron chi connectivity index (χ3n) is 5.37. The standard InChI is InChI=1S/C19H20O4/c1-5-18(2)14(20)8-9-19(3)13-10-11(23-4)6-7-12(13)15(21)16(22)17(18)19/h6-10,22H,5H2,1-4H3/t18-,19-/m0/s1. The van der Waals surface area contributed by atoms with Crippen LogP contribution in [0.4, 0.5) is 0 Å². The Hall–Kier alpha value is -2.36. The Morgan fingerprint density at radius 2 is 1.91 bits per heavy atom. The van der Waals surface area contributed by atoms with E-state index in [9.17, 15) is 14.7 Å². The molecule has 3 rings (SSSR count). The van der Waals surface area contributed by atoms with Crippen molar-refractivity contribution in [3.05, 3.63) is 52.8 Å². The normalized spacial score (nSPS) is 29.4. The monoisotopic (exact) mass is 312 g/mol. The number of ketones is 2. The molecule has 0 unspecified atom stereocenters. The quantitative estimate of drug-likeness (QED) is 0.907. The van der Waals surface area contributed by atoms with Crippen LogP contribution >= 0.6 is 0 Å². The summed E-state index contributed by atoms with van der Waals surface area (Å²) in [5, 5.41) is 10.6. The smallest absolute Gasteiger partial charge is 0.227 e. The van der Waals surface area contributed by atoms with Crippen molar-refractivity contribution in [3.8, 4) is 5.75 Å². The van der Waals surface area contributed by atoms with Gasteiger partial charge in [0.05, 0.1) is 12.5 Å². The van der Waals surface area contributed by atoms with Gasteiger partial charge < -0.3 is 9.84 Å². The van der Waals surface area contributed by atoms with E-state index in [0.717, 1.165) is 5.56 Å². The summed E-state index contributed by atoms with van der Waals surface area (Å²) in [4.78, 5) is 25.1. The lowest BCUT2D eigenvalue weighted by Gasteiger charge is -2.46. The average Bonchev–Trinajstić information content (AvgIpc) is 2.56. The first-order chi connectivity index (χ1) is 10.8. The maximum atomic E-state index is 12.6. The van der Waals surface area contributed by atoms with Crippen molar-refractivity contribution in [3.63, 3.8) is 0 Å². The van der Waals surface area contributed by atoms with Crippen molar-refractivity contribution in [2.45, 2.75) is 32.6 Å². The van der Waals surface area contributed by atoms with Gasteiger partial charge in [0.2, 0.25) is 5.78 Å². The Morgan fingerprint density at radius 1 is 1.22 bits per heavy atom. The van der Waals surface area contributed by atoms with Crippen molar-refractivity contribution >= 4 is 11.6 Å². The summed E-state index contributed by atoms with van der Waals surface area (Å²) < 4.78 is 5.29. The van der Waals surface area contributed by atoms with Gasteiger partial charge in [0, 0.05) is 16.6 Å². The number of Topliss-reactive ketones (excluding diaryl/α,β-unsaturated/α-hetero) is 1. The van der Waals surface area contributed by atoms with E-state index in [2.05, 4.69) is 0 Å². The van der Waals surface area contributed by atoms with Gasteiger partial charge in [-0.3, -0.25) is 9.59 Å². The Labute approximate surface area is 135 Å². The zero-order valence-corrected chi connectivity index (χ0v) is 13.8. The largest absolute Gasteiger partial charge is 0.504 e. The zero-order valence-electron chi connectivity index (χ0n) is 13.8. The molecule has 0 fully saturated rings. The molecule has 120 valence electrons. The fraction of sp³-hybridized carbons (Fsp3) is 0.368. The van der Waals surface area contributed by atoms with Gasteiger partial charge in [0.15, 0.2) is 11.5 Å². The van der Waals surface area contributed by atoms with E-state index in [0.29, 0.717) is 23.3 Å². The fourth-order valence-electron chi connectivity index (χ4n) is 3.81. The van der Waals surface area contributed by atoms with Gasteiger partial charge in [-0.25, -0.2) is 0 Å². The highest BCUT2D eigenvalue weighted by atomic mass is 16.5. The third kappa shape index (κ3) is 1.84. The van der Waals surface area contributed by atoms with Crippen LogP contribution in [0.25, 0.3) is 0 Å². The number of aliphatic hydroxyl groups excluding tert-OH is 1. The molecule has 0 bridgehead atoms. The number of benzene rings is 1. The third-order valence-corrected chi connectivity index (χ3v) is 5.37. The number of ether oxygens (including phenoxy) is 1. The molecule has 1 N–H and O–H groups in total. The van der Waals surface area contributed by atoms with E-state index in [1.54, 1.807) is 38.3 Å². The van der Waals surface area contributed by atoms with Crippen LogP contribution in [0, 0.1) is 5.41 Å². The molecule has 0 radical (unpaired) electrons. The Bertz CT molecular complexity index is 787. The van der Waals surface area contributed by atoms with E-state index < -0.39 is 16.6 Å². The van der Waals surface area contributed by atoms with Crippen LogP contribution in [-0.2, 0) is 10.2 Å². The van der Waals surface area contributed by atoms with Gasteiger partial charge in [-0.2, -0.15) is 0 Å². The van der Waals surface area contributed by atoms with Gasteiger partial charge in [0.25, 0.3) is 0 Å². The molecule has 2 aliphatic rings. The molecular formula is C19H20O4. The number of methoxy groups -OCH3 is 1. The molecule has 0 aromatic heterocycles. The zero-order chi connectivity index (χ0) is 17.0. The number of allylic oxidation sites excluding steroid dienone is 4. The number of rotatable bonds is 2. The van der Waals surface area contributed by atoms with Crippen LogP contribution in [0.2, 0.25) is 0 Å². The molecule has 4 nitrogen and oxygen atoms in total. The number of hydrogen-bond acceptors (Lipinski definition) is 4. The second-order valence-electron chi connectivity index (χ2n) is 6.55. The molecule has 1 aromatic rings. The average molecular weight is 312 g/mol. The van der Waals surface area contributed by atoms with Crippen molar-refractivity contribution in [1.29, 1.82) is 0 Å². The summed E-state index contributed by atoms with van der Waals surface area (Å²) in [6, 6.07) is 5.19. The molecule has 0 saturated heterocycles. The molecule has 2 aliphatic carbocycles. The predicted octanol–water partition coefficient (Wildman–Crippen LogP) is 3.52. The van der Waals surface area contributed by atoms with E-state index in [1.807, 2.05) is 19.9 Å². The van der Waals surface area contributed by atoms with Crippen LogP contribution < -0.4 is 4.74 Å². The van der Waals surface area contributed by atoms with E-state index in [1.165, 1.54) is 0 Å². The molecule has 4 heteroatoms. The SMILES string of the molecule is CC[C@@]1(C)C(=O)C=C[C@]2(C)C1=C(O)C(=O)c1ccc(OC)cc12. The summed E-state index contributed by atoms with van der Waals surface area (Å²) in [5.74, 6) is -0.176. The summed E-state index contributed by atoms with van der Waals surface area (Å²) >= 11 is 0. The first-order valence-electron chi connectivity index (χ1n) is 7.70. The number of carbonyl (C=O) groups is 2. The molecule has 0 spiro atoms. The van der Waals surface area contributed by atoms with Crippen molar-refractivity contribution in [1.82, 2.24) is 0 Å². The van der Waals surface area contributed by atoms with E-state index in [-0.39, 0.29) is 11.5 Å². The van der Waals surface area contributed by atoms with Crippen molar-refractivity contribution in [2.24, 2.45) is 5.41 Å². The Morgan fingerprint density at radius 3 is 2.52 bits per heavy atom. The van der Waals surface area contributed by atoms with E-state index in [4.69, 9.17) is 4.74 Å². The van der Waals surface area contributed by atoms with Crippen molar-refractivity contribution < 1.29 is 19.4 Å². The first-order valence-corrected chi connectivity index (χ1v) is 7.70. The van der Waals surface area contributed by atoms with Gasteiger partial charge >= 0.3 is 0 Å². The number of carbonyl (C=O) groups excluding carboxylic acids is 2. The lowest BCUT2D eigenvalue weighted by Crippen LogP contribution is -2.46. The lowest BCUT2D eigenvalue weighted by molar-refractivity contribution is -0.122. The van der Waals surface area contributed by atoms with Crippen LogP contribution in [0.5, 0.6) is 5.75 Å². The molecule has 23 heavy (non-hydrogen) atoms.